The second-order valence-electron chi connectivity index (χ2n) is 3.95. The summed E-state index contributed by atoms with van der Waals surface area (Å²) in [5.74, 6) is -0.558. The van der Waals surface area contributed by atoms with Crippen molar-refractivity contribution in [2.45, 2.75) is 4.90 Å². The molecule has 1 aromatic heterocycles. The van der Waals surface area contributed by atoms with E-state index in [1.807, 2.05) is 0 Å². The molecule has 1 heterocycles. The number of phenols is 2. The van der Waals surface area contributed by atoms with E-state index in [0.29, 0.717) is 22.1 Å². The summed E-state index contributed by atoms with van der Waals surface area (Å²) >= 11 is -2.08. The molecule has 0 fully saturated rings. The summed E-state index contributed by atoms with van der Waals surface area (Å²) in [6.07, 6.45) is 0. The minimum absolute atomic E-state index is 0.226. The monoisotopic (exact) mass is 276 g/mol. The molecule has 0 spiro atoms. The largest absolute Gasteiger partial charge is 0.504 e. The molecular formula is C12H8N2O4S. The fraction of sp³-hybridized carbons (Fsp3) is 0. The zero-order chi connectivity index (χ0) is 13.6. The van der Waals surface area contributed by atoms with Crippen molar-refractivity contribution in [3.8, 4) is 11.5 Å². The molecule has 1 atom stereocenters. The Bertz CT molecular complexity index is 835. The highest BCUT2D eigenvalue weighted by atomic mass is 32.2. The van der Waals surface area contributed by atoms with Gasteiger partial charge in [0.15, 0.2) is 22.6 Å². The topological polar surface area (TPSA) is 104 Å². The van der Waals surface area contributed by atoms with Crippen LogP contribution in [0.2, 0.25) is 0 Å². The Morgan fingerprint density at radius 3 is 1.95 bits per heavy atom. The highest BCUT2D eigenvalue weighted by Gasteiger charge is 2.08. The molecule has 3 N–H and O–H groups in total. The molecule has 6 nitrogen and oxygen atoms in total. The zero-order valence-corrected chi connectivity index (χ0v) is 10.3. The normalized spacial score (nSPS) is 12.9. The second kappa shape index (κ2) is 4.15. The number of aromatic nitrogens is 2. The van der Waals surface area contributed by atoms with Crippen LogP contribution in [0.1, 0.15) is 0 Å². The van der Waals surface area contributed by atoms with E-state index < -0.39 is 11.1 Å². The van der Waals surface area contributed by atoms with E-state index in [1.165, 1.54) is 24.3 Å². The smallest absolute Gasteiger partial charge is 0.186 e. The lowest BCUT2D eigenvalue weighted by Crippen LogP contribution is -1.92. The Kier molecular flexibility index (Phi) is 2.58. The Morgan fingerprint density at radius 1 is 0.842 bits per heavy atom. The van der Waals surface area contributed by atoms with Gasteiger partial charge in [0, 0.05) is 12.1 Å². The molecule has 2 aromatic carbocycles. The van der Waals surface area contributed by atoms with Gasteiger partial charge in [-0.25, -0.2) is 14.2 Å². The molecule has 1 unspecified atom stereocenters. The Morgan fingerprint density at radius 2 is 1.37 bits per heavy atom. The van der Waals surface area contributed by atoms with Gasteiger partial charge in [-0.15, -0.1) is 0 Å². The van der Waals surface area contributed by atoms with E-state index in [9.17, 15) is 14.4 Å². The van der Waals surface area contributed by atoms with Crippen molar-refractivity contribution in [2.75, 3.05) is 0 Å². The molecule has 0 aliphatic rings. The average molecular weight is 276 g/mol. The van der Waals surface area contributed by atoms with Gasteiger partial charge in [-0.2, -0.15) is 0 Å². The fourth-order valence-electron chi connectivity index (χ4n) is 1.79. The standard InChI is InChI=1S/C12H8N2O4S/c15-11-4-9-10(5-12(11)16)14-8-3-6(19(17)18)1-2-7(8)13-9/h1-5,15-16H,(H,17,18). The lowest BCUT2D eigenvalue weighted by molar-refractivity contribution is 0.404. The van der Waals surface area contributed by atoms with Crippen LogP contribution in [0.4, 0.5) is 0 Å². The maximum absolute atomic E-state index is 11.0. The van der Waals surface area contributed by atoms with Crippen molar-refractivity contribution >= 4 is 33.1 Å². The van der Waals surface area contributed by atoms with Gasteiger partial charge in [-0.1, -0.05) is 0 Å². The molecule has 0 saturated carbocycles. The van der Waals surface area contributed by atoms with Gasteiger partial charge in [-0.3, -0.25) is 0 Å². The first-order valence-corrected chi connectivity index (χ1v) is 6.39. The predicted molar refractivity (Wildman–Crippen MR) is 69.4 cm³/mol. The fourth-order valence-corrected chi connectivity index (χ4v) is 2.19. The molecular weight excluding hydrogens is 268 g/mol. The first kappa shape index (κ1) is 11.8. The molecule has 3 aromatic rings. The van der Waals surface area contributed by atoms with Crippen LogP contribution in [0.5, 0.6) is 11.5 Å². The van der Waals surface area contributed by atoms with Crippen molar-refractivity contribution in [2.24, 2.45) is 0 Å². The molecule has 0 saturated heterocycles. The molecule has 3 rings (SSSR count). The lowest BCUT2D eigenvalue weighted by Gasteiger charge is -2.04. The van der Waals surface area contributed by atoms with Crippen molar-refractivity contribution in [1.82, 2.24) is 9.97 Å². The van der Waals surface area contributed by atoms with E-state index >= 15 is 0 Å². The van der Waals surface area contributed by atoms with Crippen molar-refractivity contribution < 1.29 is 19.0 Å². The molecule has 0 bridgehead atoms. The third kappa shape index (κ3) is 1.98. The molecule has 0 aliphatic carbocycles. The summed E-state index contributed by atoms with van der Waals surface area (Å²) in [6.45, 7) is 0. The first-order chi connectivity index (χ1) is 9.04. The molecule has 0 aliphatic heterocycles. The number of fused-ring (bicyclic) bond motifs is 2. The van der Waals surface area contributed by atoms with Gasteiger partial charge < -0.3 is 14.8 Å². The first-order valence-electron chi connectivity index (χ1n) is 5.29. The molecule has 0 amide bonds. The van der Waals surface area contributed by atoms with E-state index in [2.05, 4.69) is 9.97 Å². The third-order valence-corrected chi connectivity index (χ3v) is 3.36. The number of phenolic OH excluding ortho intramolecular Hbond substituents is 2. The minimum Gasteiger partial charge on any atom is -0.504 e. The van der Waals surface area contributed by atoms with Crippen molar-refractivity contribution in [3.63, 3.8) is 0 Å². The van der Waals surface area contributed by atoms with E-state index in [1.54, 1.807) is 6.07 Å². The quantitative estimate of drug-likeness (QED) is 0.355. The van der Waals surface area contributed by atoms with Crippen LogP contribution in [0.15, 0.2) is 35.2 Å². The summed E-state index contributed by atoms with van der Waals surface area (Å²) in [5.41, 5.74) is 1.80. The Balaban J connectivity index is 2.35. The Labute approximate surface area is 109 Å². The maximum Gasteiger partial charge on any atom is 0.186 e. The zero-order valence-electron chi connectivity index (χ0n) is 9.44. The number of nitrogens with zero attached hydrogens (tertiary/aromatic N) is 2. The van der Waals surface area contributed by atoms with Crippen LogP contribution in [-0.2, 0) is 11.1 Å². The average Bonchev–Trinajstić information content (AvgIpc) is 2.37. The van der Waals surface area contributed by atoms with Crippen molar-refractivity contribution in [1.29, 1.82) is 0 Å². The summed E-state index contributed by atoms with van der Waals surface area (Å²) in [7, 11) is 0. The summed E-state index contributed by atoms with van der Waals surface area (Å²) in [6, 6.07) is 7.13. The van der Waals surface area contributed by atoms with Crippen LogP contribution in [0, 0.1) is 0 Å². The summed E-state index contributed by atoms with van der Waals surface area (Å²) in [4.78, 5) is 8.74. The number of rotatable bonds is 1. The maximum atomic E-state index is 11.0. The van der Waals surface area contributed by atoms with Gasteiger partial charge in [0.25, 0.3) is 0 Å². The second-order valence-corrected chi connectivity index (χ2v) is 4.92. The summed E-state index contributed by atoms with van der Waals surface area (Å²) < 4.78 is 20.0. The van der Waals surface area contributed by atoms with Crippen molar-refractivity contribution in [3.05, 3.63) is 30.3 Å². The molecule has 96 valence electrons. The van der Waals surface area contributed by atoms with Crippen LogP contribution in [-0.4, -0.2) is 28.9 Å². The molecule has 0 radical (unpaired) electrons. The van der Waals surface area contributed by atoms with Gasteiger partial charge in [-0.05, 0) is 18.2 Å². The van der Waals surface area contributed by atoms with Crippen LogP contribution in [0.25, 0.3) is 22.1 Å². The SMILES string of the molecule is O=S(O)c1ccc2nc3cc(O)c(O)cc3nc2c1. The van der Waals surface area contributed by atoms with Gasteiger partial charge in [0.2, 0.25) is 0 Å². The summed E-state index contributed by atoms with van der Waals surface area (Å²) in [5, 5.41) is 18.8. The number of aromatic hydroxyl groups is 2. The van der Waals surface area contributed by atoms with Gasteiger partial charge in [0.1, 0.15) is 0 Å². The van der Waals surface area contributed by atoms with Crippen LogP contribution < -0.4 is 0 Å². The van der Waals surface area contributed by atoms with E-state index in [-0.39, 0.29) is 16.4 Å². The van der Waals surface area contributed by atoms with Gasteiger partial charge in [0.05, 0.1) is 27.0 Å². The number of hydrogen-bond acceptors (Lipinski definition) is 5. The van der Waals surface area contributed by atoms with Crippen LogP contribution in [0.3, 0.4) is 0 Å². The highest BCUT2D eigenvalue weighted by Crippen LogP contribution is 2.29. The van der Waals surface area contributed by atoms with E-state index in [4.69, 9.17) is 4.55 Å². The van der Waals surface area contributed by atoms with Gasteiger partial charge >= 0.3 is 0 Å². The molecule has 19 heavy (non-hydrogen) atoms. The number of hydrogen-bond donors (Lipinski definition) is 3. The lowest BCUT2D eigenvalue weighted by atomic mass is 10.2. The van der Waals surface area contributed by atoms with Crippen LogP contribution >= 0.6 is 0 Å². The highest BCUT2D eigenvalue weighted by molar-refractivity contribution is 7.79. The molecule has 7 heteroatoms. The predicted octanol–water partition coefficient (Wildman–Crippen LogP) is 1.77. The minimum atomic E-state index is -2.08. The Hall–Kier alpha value is -2.25. The number of benzene rings is 2. The van der Waals surface area contributed by atoms with E-state index in [0.717, 1.165) is 0 Å². The third-order valence-electron chi connectivity index (χ3n) is 2.70.